The molecule has 20 heavy (non-hydrogen) atoms. The van der Waals surface area contributed by atoms with Gasteiger partial charge in [0.25, 0.3) is 0 Å². The van der Waals surface area contributed by atoms with E-state index in [2.05, 4.69) is 10.0 Å². The maximum Gasteiger partial charge on any atom is 0.244 e. The van der Waals surface area contributed by atoms with Crippen molar-refractivity contribution in [2.45, 2.75) is 30.7 Å². The quantitative estimate of drug-likeness (QED) is 0.680. The van der Waals surface area contributed by atoms with Crippen LogP contribution >= 0.6 is 0 Å². The number of nitrogens with one attached hydrogen (secondary N) is 2. The first-order chi connectivity index (χ1) is 9.29. The van der Waals surface area contributed by atoms with Gasteiger partial charge < -0.3 is 11.1 Å². The van der Waals surface area contributed by atoms with Gasteiger partial charge in [0.05, 0.1) is 6.54 Å². The average molecular weight is 301 g/mol. The number of nitrogen functional groups attached to an aromatic ring is 1. The summed E-state index contributed by atoms with van der Waals surface area (Å²) >= 11 is 0. The molecule has 4 N–H and O–H groups in total. The summed E-state index contributed by atoms with van der Waals surface area (Å²) in [6, 6.07) is 2.23. The van der Waals surface area contributed by atoms with E-state index < -0.39 is 33.2 Å². The summed E-state index contributed by atoms with van der Waals surface area (Å²) in [7, 11) is -4.11. The number of benzene rings is 1. The van der Waals surface area contributed by atoms with Crippen LogP contribution in [-0.2, 0) is 14.8 Å². The van der Waals surface area contributed by atoms with Crippen LogP contribution < -0.4 is 15.8 Å². The minimum atomic E-state index is -4.11. The summed E-state index contributed by atoms with van der Waals surface area (Å²) in [5, 5.41) is 2.63. The van der Waals surface area contributed by atoms with Crippen LogP contribution in [0.25, 0.3) is 0 Å². The highest BCUT2D eigenvalue weighted by Gasteiger charge is 2.25. The van der Waals surface area contributed by atoms with E-state index in [0.717, 1.165) is 25.0 Å². The first-order valence-electron chi connectivity index (χ1n) is 6.14. The van der Waals surface area contributed by atoms with Crippen LogP contribution in [0.15, 0.2) is 17.0 Å². The Balaban J connectivity index is 2.09. The molecule has 1 aromatic rings. The molecule has 1 aromatic carbocycles. The van der Waals surface area contributed by atoms with E-state index in [0.29, 0.717) is 5.56 Å². The lowest BCUT2D eigenvalue weighted by atomic mass is 10.2. The Kier molecular flexibility index (Phi) is 3.96. The lowest BCUT2D eigenvalue weighted by Crippen LogP contribution is -2.38. The third kappa shape index (κ3) is 3.45. The van der Waals surface area contributed by atoms with E-state index in [-0.39, 0.29) is 11.7 Å². The van der Waals surface area contributed by atoms with Crippen LogP contribution in [0.4, 0.5) is 10.1 Å². The Morgan fingerprint density at radius 1 is 1.45 bits per heavy atom. The molecule has 1 amide bonds. The van der Waals surface area contributed by atoms with Crippen molar-refractivity contribution in [3.05, 3.63) is 23.5 Å². The third-order valence-corrected chi connectivity index (χ3v) is 4.39. The number of carbonyl (C=O) groups is 1. The van der Waals surface area contributed by atoms with Crippen molar-refractivity contribution in [2.75, 3.05) is 12.3 Å². The van der Waals surface area contributed by atoms with Crippen LogP contribution in [0, 0.1) is 12.7 Å². The predicted molar refractivity (Wildman–Crippen MR) is 71.9 cm³/mol. The van der Waals surface area contributed by atoms with Gasteiger partial charge in [0, 0.05) is 11.7 Å². The molecule has 0 aliphatic heterocycles. The van der Waals surface area contributed by atoms with Gasteiger partial charge in [-0.1, -0.05) is 0 Å². The Morgan fingerprint density at radius 3 is 2.70 bits per heavy atom. The minimum absolute atomic E-state index is 0.138. The Labute approximate surface area is 116 Å². The van der Waals surface area contributed by atoms with Crippen molar-refractivity contribution < 1.29 is 17.6 Å². The van der Waals surface area contributed by atoms with Crippen molar-refractivity contribution in [1.82, 2.24) is 10.0 Å². The van der Waals surface area contributed by atoms with Gasteiger partial charge in [0.1, 0.15) is 10.7 Å². The number of hydrogen-bond donors (Lipinski definition) is 3. The zero-order chi connectivity index (χ0) is 14.9. The fraction of sp³-hybridized carbons (Fsp3) is 0.417. The number of rotatable bonds is 5. The van der Waals surface area contributed by atoms with Crippen molar-refractivity contribution in [2.24, 2.45) is 0 Å². The number of nitrogens with two attached hydrogens (primary N) is 1. The van der Waals surface area contributed by atoms with E-state index in [1.165, 1.54) is 0 Å². The highest BCUT2D eigenvalue weighted by atomic mass is 32.2. The van der Waals surface area contributed by atoms with E-state index >= 15 is 0 Å². The number of hydrogen-bond acceptors (Lipinski definition) is 4. The van der Waals surface area contributed by atoms with Crippen molar-refractivity contribution in [1.29, 1.82) is 0 Å². The highest BCUT2D eigenvalue weighted by molar-refractivity contribution is 7.89. The number of carbonyl (C=O) groups excluding carboxylic acids is 1. The summed E-state index contributed by atoms with van der Waals surface area (Å²) < 4.78 is 39.6. The van der Waals surface area contributed by atoms with Gasteiger partial charge in [-0.2, -0.15) is 0 Å². The van der Waals surface area contributed by atoms with Gasteiger partial charge in [0.2, 0.25) is 15.9 Å². The molecule has 1 saturated carbocycles. The molecule has 1 aliphatic carbocycles. The summed E-state index contributed by atoms with van der Waals surface area (Å²) in [6.07, 6.45) is 1.81. The molecule has 0 unspecified atom stereocenters. The predicted octanol–water partition coefficient (Wildman–Crippen LogP) is 0.273. The average Bonchev–Trinajstić information content (AvgIpc) is 3.15. The molecule has 2 rings (SSSR count). The van der Waals surface area contributed by atoms with Crippen molar-refractivity contribution >= 4 is 21.6 Å². The Bertz CT molecular complexity index is 642. The summed E-state index contributed by atoms with van der Waals surface area (Å²) in [4.78, 5) is 10.9. The fourth-order valence-corrected chi connectivity index (χ4v) is 2.69. The maximum absolute atomic E-state index is 13.7. The van der Waals surface area contributed by atoms with Gasteiger partial charge in [-0.3, -0.25) is 4.79 Å². The first-order valence-corrected chi connectivity index (χ1v) is 7.62. The van der Waals surface area contributed by atoms with Crippen LogP contribution in [0.3, 0.4) is 0 Å². The van der Waals surface area contributed by atoms with Crippen LogP contribution in [0.5, 0.6) is 0 Å². The van der Waals surface area contributed by atoms with Crippen LogP contribution in [0.1, 0.15) is 18.4 Å². The van der Waals surface area contributed by atoms with Gasteiger partial charge in [-0.05, 0) is 37.5 Å². The molecule has 0 saturated heterocycles. The lowest BCUT2D eigenvalue weighted by molar-refractivity contribution is -0.120. The summed E-state index contributed by atoms with van der Waals surface area (Å²) in [5.41, 5.74) is 6.21. The van der Waals surface area contributed by atoms with E-state index in [1.54, 1.807) is 6.92 Å². The second-order valence-corrected chi connectivity index (χ2v) is 6.54. The van der Waals surface area contributed by atoms with Crippen molar-refractivity contribution in [3.63, 3.8) is 0 Å². The van der Waals surface area contributed by atoms with Gasteiger partial charge >= 0.3 is 0 Å². The fourth-order valence-electron chi connectivity index (χ4n) is 1.62. The molecular formula is C12H16FN3O3S. The Morgan fingerprint density at radius 2 is 2.10 bits per heavy atom. The zero-order valence-corrected chi connectivity index (χ0v) is 11.8. The zero-order valence-electron chi connectivity index (χ0n) is 10.9. The molecule has 0 spiro atoms. The molecule has 0 bridgehead atoms. The second-order valence-electron chi connectivity index (χ2n) is 4.81. The van der Waals surface area contributed by atoms with Gasteiger partial charge in [-0.25, -0.2) is 17.5 Å². The number of sulfonamides is 1. The third-order valence-electron chi connectivity index (χ3n) is 2.98. The number of halogens is 1. The largest absolute Gasteiger partial charge is 0.398 e. The van der Waals surface area contributed by atoms with Crippen LogP contribution in [-0.4, -0.2) is 26.9 Å². The minimum Gasteiger partial charge on any atom is -0.398 e. The highest BCUT2D eigenvalue weighted by Crippen LogP contribution is 2.21. The second kappa shape index (κ2) is 5.37. The topological polar surface area (TPSA) is 101 Å². The Hall–Kier alpha value is -1.67. The number of amides is 1. The van der Waals surface area contributed by atoms with Crippen molar-refractivity contribution in [3.8, 4) is 0 Å². The standard InChI is InChI=1S/C12H16FN3O3S/c1-7-4-9(13)11(5-10(7)14)20(18,19)15-6-12(17)16-8-2-3-8/h4-5,8,15H,2-3,6,14H2,1H3,(H,16,17). The molecule has 0 aromatic heterocycles. The van der Waals surface area contributed by atoms with Gasteiger partial charge in [0.15, 0.2) is 0 Å². The number of anilines is 1. The molecular weight excluding hydrogens is 285 g/mol. The van der Waals surface area contributed by atoms with E-state index in [9.17, 15) is 17.6 Å². The molecule has 8 heteroatoms. The van der Waals surface area contributed by atoms with Gasteiger partial charge in [-0.15, -0.1) is 0 Å². The SMILES string of the molecule is Cc1cc(F)c(S(=O)(=O)NCC(=O)NC2CC2)cc1N. The molecule has 6 nitrogen and oxygen atoms in total. The number of aryl methyl sites for hydroxylation is 1. The van der Waals surface area contributed by atoms with E-state index in [1.807, 2.05) is 0 Å². The van der Waals surface area contributed by atoms with E-state index in [4.69, 9.17) is 5.73 Å². The molecule has 0 heterocycles. The smallest absolute Gasteiger partial charge is 0.244 e. The summed E-state index contributed by atoms with van der Waals surface area (Å²) in [6.45, 7) is 1.15. The normalized spacial score (nSPS) is 15.1. The molecule has 110 valence electrons. The molecule has 0 atom stereocenters. The summed E-state index contributed by atoms with van der Waals surface area (Å²) in [5.74, 6) is -1.33. The monoisotopic (exact) mass is 301 g/mol. The lowest BCUT2D eigenvalue weighted by Gasteiger charge is -2.10. The van der Waals surface area contributed by atoms with Crippen LogP contribution in [0.2, 0.25) is 0 Å². The molecule has 1 aliphatic rings. The molecule has 0 radical (unpaired) electrons. The first kappa shape index (κ1) is 14.7. The maximum atomic E-state index is 13.7. The molecule has 1 fully saturated rings.